The lowest BCUT2D eigenvalue weighted by atomic mass is 9.86. The number of nitrogens with one attached hydrogen (secondary N) is 1. The molecular formula is C15H21NO4. The molecule has 1 amide bonds. The van der Waals surface area contributed by atoms with Gasteiger partial charge >= 0.3 is 5.97 Å². The average Bonchev–Trinajstić information content (AvgIpc) is 2.45. The molecule has 2 unspecified atom stereocenters. The van der Waals surface area contributed by atoms with Gasteiger partial charge in [-0.3, -0.25) is 4.79 Å². The van der Waals surface area contributed by atoms with Crippen molar-refractivity contribution in [3.8, 4) is 0 Å². The molecule has 0 aromatic heterocycles. The van der Waals surface area contributed by atoms with Crippen LogP contribution in [0.1, 0.15) is 25.8 Å². The van der Waals surface area contributed by atoms with Gasteiger partial charge < -0.3 is 15.2 Å². The maximum Gasteiger partial charge on any atom is 0.334 e. The molecule has 0 aliphatic carbocycles. The number of ether oxygens (including phenoxy) is 1. The molecule has 0 saturated carbocycles. The molecule has 5 nitrogen and oxygen atoms in total. The van der Waals surface area contributed by atoms with Gasteiger partial charge in [0.05, 0.1) is 12.5 Å². The van der Waals surface area contributed by atoms with Crippen molar-refractivity contribution >= 4 is 11.9 Å². The molecule has 2 atom stereocenters. The molecule has 0 saturated heterocycles. The van der Waals surface area contributed by atoms with Crippen molar-refractivity contribution in [2.24, 2.45) is 5.92 Å². The largest absolute Gasteiger partial charge is 0.479 e. The highest BCUT2D eigenvalue weighted by atomic mass is 16.5. The van der Waals surface area contributed by atoms with Crippen LogP contribution in [0.15, 0.2) is 30.3 Å². The molecule has 1 aromatic rings. The van der Waals surface area contributed by atoms with Gasteiger partial charge in [0, 0.05) is 7.11 Å². The smallest absolute Gasteiger partial charge is 0.334 e. The van der Waals surface area contributed by atoms with Gasteiger partial charge in [0.25, 0.3) is 0 Å². The van der Waals surface area contributed by atoms with E-state index in [0.29, 0.717) is 5.56 Å². The number of aliphatic carboxylic acids is 1. The molecule has 1 rings (SSSR count). The van der Waals surface area contributed by atoms with E-state index >= 15 is 0 Å². The summed E-state index contributed by atoms with van der Waals surface area (Å²) < 4.78 is 4.93. The highest BCUT2D eigenvalue weighted by Crippen LogP contribution is 2.26. The van der Waals surface area contributed by atoms with Crippen molar-refractivity contribution in [3.05, 3.63) is 35.9 Å². The van der Waals surface area contributed by atoms with E-state index in [9.17, 15) is 14.7 Å². The van der Waals surface area contributed by atoms with E-state index in [4.69, 9.17) is 4.74 Å². The number of carboxylic acids is 1. The van der Waals surface area contributed by atoms with E-state index in [1.807, 2.05) is 0 Å². The first-order valence-corrected chi connectivity index (χ1v) is 6.57. The second-order valence-electron chi connectivity index (χ2n) is 4.78. The molecule has 110 valence electrons. The van der Waals surface area contributed by atoms with Crippen LogP contribution < -0.4 is 5.32 Å². The quantitative estimate of drug-likeness (QED) is 0.797. The molecule has 0 bridgehead atoms. The molecule has 0 heterocycles. The molecule has 2 N–H and O–H groups in total. The number of rotatable bonds is 7. The van der Waals surface area contributed by atoms with E-state index in [2.05, 4.69) is 5.32 Å². The first-order chi connectivity index (χ1) is 9.47. The van der Waals surface area contributed by atoms with Crippen LogP contribution in [0.25, 0.3) is 0 Å². The fourth-order valence-corrected chi connectivity index (χ4v) is 2.07. The Morgan fingerprint density at radius 1 is 1.35 bits per heavy atom. The normalized spacial score (nSPS) is 15.2. The number of hydrogen-bond donors (Lipinski definition) is 2. The molecule has 5 heteroatoms. The first kappa shape index (κ1) is 16.2. The van der Waals surface area contributed by atoms with Crippen molar-refractivity contribution in [1.29, 1.82) is 0 Å². The van der Waals surface area contributed by atoms with Crippen LogP contribution in [0.4, 0.5) is 0 Å². The Balaban J connectivity index is 3.08. The summed E-state index contributed by atoms with van der Waals surface area (Å²) in [4.78, 5) is 23.9. The predicted octanol–water partition coefficient (Wildman–Crippen LogP) is 1.78. The SMILES string of the molecule is CCC(NC(=O)C(C)COC)(C(=O)O)c1ccccc1. The maximum atomic E-state index is 12.1. The van der Waals surface area contributed by atoms with Crippen molar-refractivity contribution in [2.45, 2.75) is 25.8 Å². The Kier molecular flexibility index (Phi) is 5.70. The van der Waals surface area contributed by atoms with Crippen LogP contribution in [-0.4, -0.2) is 30.7 Å². The number of benzene rings is 1. The summed E-state index contributed by atoms with van der Waals surface area (Å²) in [5.41, 5.74) is -0.840. The summed E-state index contributed by atoms with van der Waals surface area (Å²) in [5, 5.41) is 12.3. The summed E-state index contributed by atoms with van der Waals surface area (Å²) in [5.74, 6) is -1.81. The van der Waals surface area contributed by atoms with Crippen molar-refractivity contribution in [3.63, 3.8) is 0 Å². The second-order valence-corrected chi connectivity index (χ2v) is 4.78. The molecule has 1 aromatic carbocycles. The molecule has 0 spiro atoms. The number of carbonyl (C=O) groups is 2. The summed E-state index contributed by atoms with van der Waals surface area (Å²) in [7, 11) is 1.51. The average molecular weight is 279 g/mol. The first-order valence-electron chi connectivity index (χ1n) is 6.57. The summed E-state index contributed by atoms with van der Waals surface area (Å²) in [6.07, 6.45) is 0.262. The van der Waals surface area contributed by atoms with Gasteiger partial charge in [-0.2, -0.15) is 0 Å². The zero-order chi connectivity index (χ0) is 15.2. The molecule has 0 fully saturated rings. The lowest BCUT2D eigenvalue weighted by Crippen LogP contribution is -2.53. The fourth-order valence-electron chi connectivity index (χ4n) is 2.07. The van der Waals surface area contributed by atoms with Crippen LogP contribution in [0, 0.1) is 5.92 Å². The lowest BCUT2D eigenvalue weighted by Gasteiger charge is -2.31. The maximum absolute atomic E-state index is 12.1. The van der Waals surface area contributed by atoms with Gasteiger partial charge in [-0.1, -0.05) is 44.2 Å². The van der Waals surface area contributed by atoms with Crippen LogP contribution in [0.3, 0.4) is 0 Å². The Morgan fingerprint density at radius 2 is 1.95 bits per heavy atom. The van der Waals surface area contributed by atoms with Crippen LogP contribution in [-0.2, 0) is 19.9 Å². The van der Waals surface area contributed by atoms with E-state index in [0.717, 1.165) is 0 Å². The number of carbonyl (C=O) groups excluding carboxylic acids is 1. The second kappa shape index (κ2) is 7.05. The van der Waals surface area contributed by atoms with Gasteiger partial charge in [-0.25, -0.2) is 4.79 Å². The van der Waals surface area contributed by atoms with Crippen LogP contribution in [0.5, 0.6) is 0 Å². The third-order valence-electron chi connectivity index (χ3n) is 3.36. The number of methoxy groups -OCH3 is 1. The summed E-state index contributed by atoms with van der Waals surface area (Å²) in [6.45, 7) is 3.69. The number of carboxylic acid groups (broad SMARTS) is 1. The third-order valence-corrected chi connectivity index (χ3v) is 3.36. The molecule has 0 aliphatic heterocycles. The molecule has 0 radical (unpaired) electrons. The minimum Gasteiger partial charge on any atom is -0.479 e. The minimum absolute atomic E-state index is 0.250. The summed E-state index contributed by atoms with van der Waals surface area (Å²) in [6, 6.07) is 8.74. The highest BCUT2D eigenvalue weighted by molar-refractivity contribution is 5.89. The monoisotopic (exact) mass is 279 g/mol. The Hall–Kier alpha value is -1.88. The Morgan fingerprint density at radius 3 is 2.40 bits per heavy atom. The van der Waals surface area contributed by atoms with Crippen molar-refractivity contribution in [1.82, 2.24) is 5.32 Å². The van der Waals surface area contributed by atoms with Gasteiger partial charge in [0.1, 0.15) is 0 Å². The lowest BCUT2D eigenvalue weighted by molar-refractivity contribution is -0.149. The minimum atomic E-state index is -1.40. The Labute approximate surface area is 118 Å². The van der Waals surface area contributed by atoms with Crippen LogP contribution in [0.2, 0.25) is 0 Å². The van der Waals surface area contributed by atoms with Gasteiger partial charge in [-0.15, -0.1) is 0 Å². The van der Waals surface area contributed by atoms with E-state index in [1.165, 1.54) is 7.11 Å². The number of amides is 1. The zero-order valence-electron chi connectivity index (χ0n) is 12.1. The van der Waals surface area contributed by atoms with Gasteiger partial charge in [0.2, 0.25) is 5.91 Å². The van der Waals surface area contributed by atoms with E-state index < -0.39 is 17.4 Å². The van der Waals surface area contributed by atoms with Gasteiger partial charge in [-0.05, 0) is 12.0 Å². The molecular weight excluding hydrogens is 258 g/mol. The standard InChI is InChI=1S/C15H21NO4/c1-4-15(14(18)19,12-8-6-5-7-9-12)16-13(17)11(2)10-20-3/h5-9,11H,4,10H2,1-3H3,(H,16,17)(H,18,19). The van der Waals surface area contributed by atoms with Crippen molar-refractivity contribution < 1.29 is 19.4 Å². The molecule has 20 heavy (non-hydrogen) atoms. The van der Waals surface area contributed by atoms with E-state index in [1.54, 1.807) is 44.2 Å². The fraction of sp³-hybridized carbons (Fsp3) is 0.467. The predicted molar refractivity (Wildman–Crippen MR) is 75.2 cm³/mol. The van der Waals surface area contributed by atoms with Crippen molar-refractivity contribution in [2.75, 3.05) is 13.7 Å². The topological polar surface area (TPSA) is 75.6 Å². The molecule has 0 aliphatic rings. The third kappa shape index (κ3) is 3.36. The van der Waals surface area contributed by atoms with Crippen LogP contribution >= 0.6 is 0 Å². The van der Waals surface area contributed by atoms with Gasteiger partial charge in [0.15, 0.2) is 5.54 Å². The number of hydrogen-bond acceptors (Lipinski definition) is 3. The zero-order valence-corrected chi connectivity index (χ0v) is 12.1. The summed E-state index contributed by atoms with van der Waals surface area (Å²) >= 11 is 0. The Bertz CT molecular complexity index is 460. The highest BCUT2D eigenvalue weighted by Gasteiger charge is 2.40. The van der Waals surface area contributed by atoms with E-state index in [-0.39, 0.29) is 18.9 Å².